The molecule has 0 spiro atoms. The Kier molecular flexibility index (Phi) is 5.89. The fourth-order valence-electron chi connectivity index (χ4n) is 3.84. The minimum atomic E-state index is -0.243. The number of hydrogen-bond acceptors (Lipinski definition) is 4. The first-order valence-electron chi connectivity index (χ1n) is 10.3. The van der Waals surface area contributed by atoms with E-state index in [2.05, 4.69) is 5.32 Å². The van der Waals surface area contributed by atoms with Crippen LogP contribution in [-0.4, -0.2) is 46.1 Å². The topological polar surface area (TPSA) is 89.9 Å². The lowest BCUT2D eigenvalue weighted by atomic mass is 10.0. The van der Waals surface area contributed by atoms with Crippen LogP contribution in [0.3, 0.4) is 0 Å². The average Bonchev–Trinajstić information content (AvgIpc) is 2.79. The van der Waals surface area contributed by atoms with Gasteiger partial charge in [0.1, 0.15) is 11.5 Å². The number of rotatable bonds is 4. The molecule has 0 bridgehead atoms. The summed E-state index contributed by atoms with van der Waals surface area (Å²) in [4.78, 5) is 26.9. The number of phenolic OH excluding ortho intramolecular Hbond substituents is 2. The highest BCUT2D eigenvalue weighted by Crippen LogP contribution is 2.23. The minimum absolute atomic E-state index is 0.0112. The molecule has 0 saturated carbocycles. The second-order valence-electron chi connectivity index (χ2n) is 7.72. The Bertz CT molecular complexity index is 1050. The number of nitrogens with one attached hydrogen (secondary N) is 1. The Hall–Kier alpha value is -3.80. The van der Waals surface area contributed by atoms with Crippen molar-refractivity contribution in [1.82, 2.24) is 10.2 Å². The second-order valence-corrected chi connectivity index (χ2v) is 7.72. The Balaban J connectivity index is 1.32. The third-order valence-electron chi connectivity index (χ3n) is 5.52. The van der Waals surface area contributed by atoms with Crippen molar-refractivity contribution in [3.05, 3.63) is 83.9 Å². The molecule has 0 aliphatic carbocycles. The number of carbonyl (C=O) groups is 2. The third kappa shape index (κ3) is 4.86. The van der Waals surface area contributed by atoms with Crippen molar-refractivity contribution in [2.24, 2.45) is 0 Å². The predicted molar refractivity (Wildman–Crippen MR) is 118 cm³/mol. The van der Waals surface area contributed by atoms with Crippen molar-refractivity contribution in [3.8, 4) is 22.6 Å². The highest BCUT2D eigenvalue weighted by atomic mass is 16.3. The monoisotopic (exact) mass is 416 g/mol. The standard InChI is InChI=1S/C25H24N2O4/c28-22-14-20(15-23(29)16-22)25(31)27-12-10-21(11-13-27)26-24(30)19-8-6-18(7-9-19)17-4-2-1-3-5-17/h1-9,14-16,21,28-29H,10-13H2,(H,26,30). The van der Waals surface area contributed by atoms with Crippen LogP contribution in [0, 0.1) is 0 Å². The van der Waals surface area contributed by atoms with Gasteiger partial charge in [-0.1, -0.05) is 42.5 Å². The zero-order valence-corrected chi connectivity index (χ0v) is 17.0. The average molecular weight is 416 g/mol. The van der Waals surface area contributed by atoms with E-state index < -0.39 is 0 Å². The number of likely N-dealkylation sites (tertiary alicyclic amines) is 1. The molecule has 1 saturated heterocycles. The van der Waals surface area contributed by atoms with E-state index in [1.165, 1.54) is 18.2 Å². The molecular formula is C25H24N2O4. The lowest BCUT2D eigenvalue weighted by Crippen LogP contribution is -2.46. The van der Waals surface area contributed by atoms with Crippen LogP contribution in [0.2, 0.25) is 0 Å². The SMILES string of the molecule is O=C(NC1CCN(C(=O)c2cc(O)cc(O)c2)CC1)c1ccc(-c2ccccc2)cc1. The summed E-state index contributed by atoms with van der Waals surface area (Å²) in [5.74, 6) is -0.665. The normalized spacial score (nSPS) is 14.3. The molecule has 158 valence electrons. The zero-order valence-electron chi connectivity index (χ0n) is 17.0. The van der Waals surface area contributed by atoms with Gasteiger partial charge in [0.25, 0.3) is 11.8 Å². The molecule has 2 amide bonds. The van der Waals surface area contributed by atoms with Gasteiger partial charge in [-0.05, 0) is 48.2 Å². The number of amides is 2. The second kappa shape index (κ2) is 8.92. The van der Waals surface area contributed by atoms with Gasteiger partial charge < -0.3 is 20.4 Å². The van der Waals surface area contributed by atoms with Gasteiger partial charge in [0.05, 0.1) is 0 Å². The fraction of sp³-hybridized carbons (Fsp3) is 0.200. The molecule has 3 aromatic carbocycles. The van der Waals surface area contributed by atoms with E-state index >= 15 is 0 Å². The van der Waals surface area contributed by atoms with E-state index in [0.717, 1.165) is 11.1 Å². The summed E-state index contributed by atoms with van der Waals surface area (Å²) in [5.41, 5.74) is 3.01. The predicted octanol–water partition coefficient (Wildman–Crippen LogP) is 3.80. The Labute approximate surface area is 180 Å². The van der Waals surface area contributed by atoms with Gasteiger partial charge in [-0.3, -0.25) is 9.59 Å². The van der Waals surface area contributed by atoms with Crippen molar-refractivity contribution in [2.75, 3.05) is 13.1 Å². The molecule has 1 fully saturated rings. The Morgan fingerprint density at radius 3 is 1.97 bits per heavy atom. The molecule has 0 radical (unpaired) electrons. The first kappa shape index (κ1) is 20.5. The minimum Gasteiger partial charge on any atom is -0.508 e. The maximum Gasteiger partial charge on any atom is 0.254 e. The van der Waals surface area contributed by atoms with Crippen molar-refractivity contribution in [2.45, 2.75) is 18.9 Å². The summed E-state index contributed by atoms with van der Waals surface area (Å²) in [6.45, 7) is 0.986. The van der Waals surface area contributed by atoms with Gasteiger partial charge in [-0.2, -0.15) is 0 Å². The summed E-state index contributed by atoms with van der Waals surface area (Å²) >= 11 is 0. The van der Waals surface area contributed by atoms with Gasteiger partial charge in [-0.25, -0.2) is 0 Å². The van der Waals surface area contributed by atoms with E-state index in [1.807, 2.05) is 54.6 Å². The summed E-state index contributed by atoms with van der Waals surface area (Å²) in [5, 5.41) is 22.2. The first-order chi connectivity index (χ1) is 15.0. The number of piperidine rings is 1. The summed E-state index contributed by atoms with van der Waals surface area (Å²) in [7, 11) is 0. The number of carbonyl (C=O) groups excluding carboxylic acids is 2. The molecule has 1 aliphatic heterocycles. The maximum absolute atomic E-state index is 12.6. The van der Waals surface area contributed by atoms with Crippen LogP contribution in [0.1, 0.15) is 33.6 Å². The van der Waals surface area contributed by atoms with E-state index in [9.17, 15) is 19.8 Å². The van der Waals surface area contributed by atoms with Crippen molar-refractivity contribution >= 4 is 11.8 Å². The number of aromatic hydroxyl groups is 2. The lowest BCUT2D eigenvalue weighted by molar-refractivity contribution is 0.0697. The molecular weight excluding hydrogens is 392 g/mol. The summed E-state index contributed by atoms with van der Waals surface area (Å²) in [6.07, 6.45) is 1.29. The van der Waals surface area contributed by atoms with Crippen LogP contribution >= 0.6 is 0 Å². The van der Waals surface area contributed by atoms with Gasteiger partial charge in [0.2, 0.25) is 0 Å². The molecule has 6 nitrogen and oxygen atoms in total. The van der Waals surface area contributed by atoms with E-state index in [-0.39, 0.29) is 34.9 Å². The summed E-state index contributed by atoms with van der Waals surface area (Å²) in [6, 6.07) is 21.4. The quantitative estimate of drug-likeness (QED) is 0.604. The largest absolute Gasteiger partial charge is 0.508 e. The van der Waals surface area contributed by atoms with Crippen LogP contribution in [0.15, 0.2) is 72.8 Å². The molecule has 1 heterocycles. The summed E-state index contributed by atoms with van der Waals surface area (Å²) < 4.78 is 0. The zero-order chi connectivity index (χ0) is 21.8. The van der Waals surface area contributed by atoms with Gasteiger partial charge in [0, 0.05) is 36.3 Å². The van der Waals surface area contributed by atoms with Crippen LogP contribution in [0.4, 0.5) is 0 Å². The first-order valence-corrected chi connectivity index (χ1v) is 10.3. The number of benzene rings is 3. The van der Waals surface area contributed by atoms with Gasteiger partial charge in [-0.15, -0.1) is 0 Å². The van der Waals surface area contributed by atoms with Crippen molar-refractivity contribution in [3.63, 3.8) is 0 Å². The Morgan fingerprint density at radius 1 is 0.774 bits per heavy atom. The van der Waals surface area contributed by atoms with Crippen LogP contribution in [0.25, 0.3) is 11.1 Å². The molecule has 31 heavy (non-hydrogen) atoms. The van der Waals surface area contributed by atoms with Crippen LogP contribution in [0.5, 0.6) is 11.5 Å². The lowest BCUT2D eigenvalue weighted by Gasteiger charge is -2.32. The number of nitrogens with zero attached hydrogens (tertiary/aromatic N) is 1. The van der Waals surface area contributed by atoms with E-state index in [4.69, 9.17) is 0 Å². The molecule has 0 unspecified atom stereocenters. The highest BCUT2D eigenvalue weighted by Gasteiger charge is 2.25. The van der Waals surface area contributed by atoms with Crippen LogP contribution < -0.4 is 5.32 Å². The maximum atomic E-state index is 12.6. The molecule has 0 aromatic heterocycles. The molecule has 1 aliphatic rings. The fourth-order valence-corrected chi connectivity index (χ4v) is 3.84. The van der Waals surface area contributed by atoms with Crippen molar-refractivity contribution < 1.29 is 19.8 Å². The van der Waals surface area contributed by atoms with E-state index in [1.54, 1.807) is 4.90 Å². The highest BCUT2D eigenvalue weighted by molar-refractivity contribution is 5.96. The molecule has 3 N–H and O–H groups in total. The third-order valence-corrected chi connectivity index (χ3v) is 5.52. The Morgan fingerprint density at radius 2 is 1.35 bits per heavy atom. The smallest absolute Gasteiger partial charge is 0.254 e. The van der Waals surface area contributed by atoms with Gasteiger partial charge >= 0.3 is 0 Å². The number of hydrogen-bond donors (Lipinski definition) is 3. The molecule has 0 atom stereocenters. The number of phenols is 2. The molecule has 3 aromatic rings. The van der Waals surface area contributed by atoms with Crippen molar-refractivity contribution in [1.29, 1.82) is 0 Å². The molecule has 4 rings (SSSR count). The molecule has 6 heteroatoms. The van der Waals surface area contributed by atoms with Gasteiger partial charge in [0.15, 0.2) is 0 Å². The van der Waals surface area contributed by atoms with E-state index in [0.29, 0.717) is 31.5 Å². The van der Waals surface area contributed by atoms with Crippen LogP contribution in [-0.2, 0) is 0 Å².